The van der Waals surface area contributed by atoms with Crippen LogP contribution in [0.1, 0.15) is 5.69 Å². The Bertz CT molecular complexity index is 221. The van der Waals surface area contributed by atoms with E-state index in [2.05, 4.69) is 4.98 Å². The van der Waals surface area contributed by atoms with Gasteiger partial charge in [-0.15, -0.1) is 0 Å². The van der Waals surface area contributed by atoms with Crippen molar-refractivity contribution in [3.05, 3.63) is 18.2 Å². The van der Waals surface area contributed by atoms with E-state index in [9.17, 15) is 0 Å². The lowest BCUT2D eigenvalue weighted by Gasteiger charge is -2.07. The number of nitrogens with two attached hydrogens (primary N) is 1. The van der Waals surface area contributed by atoms with Gasteiger partial charge in [-0.2, -0.15) is 0 Å². The molecule has 0 aliphatic carbocycles. The minimum atomic E-state index is -0.176. The van der Waals surface area contributed by atoms with Crippen LogP contribution < -0.4 is 5.73 Å². The Morgan fingerprint density at radius 3 is 3.00 bits per heavy atom. The fraction of sp³-hybridized carbons (Fsp3) is 0.571. The van der Waals surface area contributed by atoms with Gasteiger partial charge in [-0.25, -0.2) is 4.98 Å². The van der Waals surface area contributed by atoms with Gasteiger partial charge in [-0.05, 0) is 0 Å². The van der Waals surface area contributed by atoms with Gasteiger partial charge in [-0.3, -0.25) is 0 Å². The monoisotopic (exact) mass is 155 g/mol. The van der Waals surface area contributed by atoms with E-state index in [1.165, 1.54) is 0 Å². The molecular weight excluding hydrogens is 142 g/mol. The average molecular weight is 155 g/mol. The Kier molecular flexibility index (Phi) is 2.62. The summed E-state index contributed by atoms with van der Waals surface area (Å²) in [5.74, 6) is 0. The van der Waals surface area contributed by atoms with Crippen LogP contribution >= 0.6 is 0 Å². The van der Waals surface area contributed by atoms with E-state index in [-0.39, 0.29) is 12.6 Å². The molecule has 0 aromatic carbocycles. The summed E-state index contributed by atoms with van der Waals surface area (Å²) in [6.45, 7) is 0.0190. The Hall–Kier alpha value is -0.870. The fourth-order valence-electron chi connectivity index (χ4n) is 0.914. The van der Waals surface area contributed by atoms with Crippen molar-refractivity contribution in [3.63, 3.8) is 0 Å². The predicted octanol–water partition coefficient (Wildman–Crippen LogP) is -0.718. The normalized spacial score (nSPS) is 13.4. The molecular formula is C7H13N3O. The maximum atomic E-state index is 8.67. The van der Waals surface area contributed by atoms with E-state index in [1.54, 1.807) is 12.5 Å². The molecule has 1 heterocycles. The lowest BCUT2D eigenvalue weighted by Crippen LogP contribution is -2.27. The fourth-order valence-corrected chi connectivity index (χ4v) is 0.914. The van der Waals surface area contributed by atoms with E-state index in [1.807, 2.05) is 11.6 Å². The molecule has 0 spiro atoms. The average Bonchev–Trinajstić information content (AvgIpc) is 2.37. The predicted molar refractivity (Wildman–Crippen MR) is 42.0 cm³/mol. The van der Waals surface area contributed by atoms with Gasteiger partial charge in [0.1, 0.15) is 0 Å². The third-order valence-corrected chi connectivity index (χ3v) is 1.62. The number of nitrogens with zero attached hydrogens (tertiary/aromatic N) is 2. The molecule has 1 rings (SSSR count). The molecule has 0 saturated heterocycles. The highest BCUT2D eigenvalue weighted by Gasteiger charge is 2.04. The first-order chi connectivity index (χ1) is 5.24. The third-order valence-electron chi connectivity index (χ3n) is 1.62. The zero-order valence-corrected chi connectivity index (χ0v) is 6.57. The molecule has 0 amide bonds. The van der Waals surface area contributed by atoms with E-state index < -0.39 is 0 Å². The molecule has 0 aliphatic heterocycles. The number of aromatic nitrogens is 2. The summed E-state index contributed by atoms with van der Waals surface area (Å²) in [4.78, 5) is 3.93. The second-order valence-corrected chi connectivity index (χ2v) is 2.64. The number of hydrogen-bond donors (Lipinski definition) is 2. The maximum absolute atomic E-state index is 8.67. The summed E-state index contributed by atoms with van der Waals surface area (Å²) in [6, 6.07) is -0.176. The van der Waals surface area contributed by atoms with Crippen molar-refractivity contribution in [3.8, 4) is 0 Å². The standard InChI is InChI=1S/C7H13N3O/c1-10-5-9-3-7(10)2-6(8)4-11/h3,5-6,11H,2,4,8H2,1H3. The molecule has 0 saturated carbocycles. The Labute approximate surface area is 65.7 Å². The SMILES string of the molecule is Cn1cncc1CC(N)CO. The molecule has 11 heavy (non-hydrogen) atoms. The lowest BCUT2D eigenvalue weighted by molar-refractivity contribution is 0.264. The highest BCUT2D eigenvalue weighted by atomic mass is 16.3. The lowest BCUT2D eigenvalue weighted by atomic mass is 10.2. The van der Waals surface area contributed by atoms with E-state index >= 15 is 0 Å². The van der Waals surface area contributed by atoms with Crippen LogP contribution in [0.2, 0.25) is 0 Å². The van der Waals surface area contributed by atoms with Gasteiger partial charge in [0.05, 0.1) is 12.9 Å². The van der Waals surface area contributed by atoms with Gasteiger partial charge in [-0.1, -0.05) is 0 Å². The molecule has 1 aromatic rings. The highest BCUT2D eigenvalue weighted by Crippen LogP contribution is 1.98. The summed E-state index contributed by atoms with van der Waals surface area (Å²) in [5.41, 5.74) is 6.59. The summed E-state index contributed by atoms with van der Waals surface area (Å²) < 4.78 is 1.90. The molecule has 1 aromatic heterocycles. The number of aryl methyl sites for hydroxylation is 1. The van der Waals surface area contributed by atoms with Crippen molar-refractivity contribution in [2.75, 3.05) is 6.61 Å². The van der Waals surface area contributed by atoms with E-state index in [4.69, 9.17) is 10.8 Å². The Balaban J connectivity index is 2.56. The van der Waals surface area contributed by atoms with Gasteiger partial charge in [0, 0.05) is 31.4 Å². The molecule has 0 aliphatic rings. The van der Waals surface area contributed by atoms with Crippen molar-refractivity contribution in [2.45, 2.75) is 12.5 Å². The van der Waals surface area contributed by atoms with Crippen molar-refractivity contribution in [1.29, 1.82) is 0 Å². The summed E-state index contributed by atoms with van der Waals surface area (Å²) in [6.07, 6.45) is 4.15. The van der Waals surface area contributed by atoms with Crippen LogP contribution in [-0.4, -0.2) is 27.3 Å². The second kappa shape index (κ2) is 3.50. The van der Waals surface area contributed by atoms with Crippen molar-refractivity contribution in [1.82, 2.24) is 9.55 Å². The van der Waals surface area contributed by atoms with Crippen LogP contribution in [-0.2, 0) is 13.5 Å². The zero-order chi connectivity index (χ0) is 8.27. The number of hydrogen-bond acceptors (Lipinski definition) is 3. The van der Waals surface area contributed by atoms with Gasteiger partial charge in [0.2, 0.25) is 0 Å². The molecule has 1 atom stereocenters. The summed E-state index contributed by atoms with van der Waals surface area (Å²) in [5, 5.41) is 8.67. The van der Waals surface area contributed by atoms with E-state index in [0.717, 1.165) is 5.69 Å². The van der Waals surface area contributed by atoms with Gasteiger partial charge >= 0.3 is 0 Å². The highest BCUT2D eigenvalue weighted by molar-refractivity contribution is 4.99. The quantitative estimate of drug-likeness (QED) is 0.605. The van der Waals surface area contributed by atoms with Gasteiger partial charge in [0.25, 0.3) is 0 Å². The molecule has 4 heteroatoms. The van der Waals surface area contributed by atoms with Crippen LogP contribution in [0.4, 0.5) is 0 Å². The minimum Gasteiger partial charge on any atom is -0.395 e. The molecule has 0 radical (unpaired) electrons. The topological polar surface area (TPSA) is 64.1 Å². The third kappa shape index (κ3) is 2.03. The molecule has 0 bridgehead atoms. The molecule has 4 nitrogen and oxygen atoms in total. The number of rotatable bonds is 3. The van der Waals surface area contributed by atoms with Crippen molar-refractivity contribution < 1.29 is 5.11 Å². The molecule has 62 valence electrons. The summed E-state index contributed by atoms with van der Waals surface area (Å²) in [7, 11) is 1.91. The van der Waals surface area contributed by atoms with Crippen LogP contribution in [0.3, 0.4) is 0 Å². The van der Waals surface area contributed by atoms with Crippen LogP contribution in [0.15, 0.2) is 12.5 Å². The largest absolute Gasteiger partial charge is 0.395 e. The van der Waals surface area contributed by atoms with Crippen LogP contribution in [0, 0.1) is 0 Å². The second-order valence-electron chi connectivity index (χ2n) is 2.64. The van der Waals surface area contributed by atoms with Crippen LogP contribution in [0.25, 0.3) is 0 Å². The molecule has 0 fully saturated rings. The van der Waals surface area contributed by atoms with Crippen molar-refractivity contribution >= 4 is 0 Å². The smallest absolute Gasteiger partial charge is 0.0945 e. The first-order valence-electron chi connectivity index (χ1n) is 3.55. The first-order valence-corrected chi connectivity index (χ1v) is 3.55. The number of aliphatic hydroxyl groups is 1. The molecule has 1 unspecified atom stereocenters. The number of imidazole rings is 1. The van der Waals surface area contributed by atoms with Gasteiger partial charge < -0.3 is 15.4 Å². The number of aliphatic hydroxyl groups excluding tert-OH is 1. The Morgan fingerprint density at radius 1 is 1.82 bits per heavy atom. The molecule has 3 N–H and O–H groups in total. The Morgan fingerprint density at radius 2 is 2.55 bits per heavy atom. The van der Waals surface area contributed by atoms with Crippen molar-refractivity contribution in [2.24, 2.45) is 12.8 Å². The maximum Gasteiger partial charge on any atom is 0.0945 e. The van der Waals surface area contributed by atoms with Gasteiger partial charge in [0.15, 0.2) is 0 Å². The minimum absolute atomic E-state index is 0.0190. The van der Waals surface area contributed by atoms with Crippen LogP contribution in [0.5, 0.6) is 0 Å². The zero-order valence-electron chi connectivity index (χ0n) is 6.57. The first kappa shape index (κ1) is 8.23. The summed E-state index contributed by atoms with van der Waals surface area (Å²) >= 11 is 0. The van der Waals surface area contributed by atoms with E-state index in [0.29, 0.717) is 6.42 Å².